The number of ether oxygens (including phenoxy) is 2. The Hall–Kier alpha value is -2.04. The number of carbonyl (C=O) groups excluding carboxylic acids is 2. The Bertz CT molecular complexity index is 608. The number of nitrogens with one attached hydrogen (secondary N) is 1. The van der Waals surface area contributed by atoms with E-state index in [1.807, 2.05) is 58.0 Å². The van der Waals surface area contributed by atoms with Crippen LogP contribution in [0.4, 0.5) is 4.79 Å². The van der Waals surface area contributed by atoms with Gasteiger partial charge in [0.1, 0.15) is 12.2 Å². The lowest BCUT2D eigenvalue weighted by Gasteiger charge is -2.36. The third kappa shape index (κ3) is 6.89. The number of benzene rings is 1. The Morgan fingerprint density at radius 2 is 1.81 bits per heavy atom. The smallest absolute Gasteiger partial charge is 0.407 e. The fourth-order valence-electron chi connectivity index (χ4n) is 3.76. The van der Waals surface area contributed by atoms with Crippen LogP contribution in [0.5, 0.6) is 0 Å². The zero-order valence-corrected chi connectivity index (χ0v) is 17.0. The molecular weight excluding hydrogens is 342 g/mol. The molecule has 0 saturated heterocycles. The molecule has 0 radical (unpaired) electrons. The molecule has 1 amide bonds. The molecule has 3 atom stereocenters. The van der Waals surface area contributed by atoms with Crippen LogP contribution < -0.4 is 5.32 Å². The topological polar surface area (TPSA) is 64.6 Å². The van der Waals surface area contributed by atoms with Crippen molar-refractivity contribution in [2.45, 2.75) is 78.0 Å². The van der Waals surface area contributed by atoms with E-state index in [9.17, 15) is 9.59 Å². The predicted molar refractivity (Wildman–Crippen MR) is 105 cm³/mol. The number of alkyl carbamates (subject to hydrolysis) is 1. The summed E-state index contributed by atoms with van der Waals surface area (Å²) in [5, 5.41) is 3.00. The first-order chi connectivity index (χ1) is 12.8. The van der Waals surface area contributed by atoms with Gasteiger partial charge in [-0.15, -0.1) is 0 Å². The van der Waals surface area contributed by atoms with Crippen molar-refractivity contribution in [3.63, 3.8) is 0 Å². The maximum atomic E-state index is 12.7. The number of rotatable bonds is 6. The summed E-state index contributed by atoms with van der Waals surface area (Å²) in [4.78, 5) is 25.0. The number of carbonyl (C=O) groups is 2. The summed E-state index contributed by atoms with van der Waals surface area (Å²) in [6.07, 6.45) is 4.19. The second kappa shape index (κ2) is 9.77. The lowest BCUT2D eigenvalue weighted by Crippen LogP contribution is -2.48. The van der Waals surface area contributed by atoms with Gasteiger partial charge in [0, 0.05) is 6.04 Å². The molecule has 1 aromatic rings. The second-order valence-corrected chi connectivity index (χ2v) is 8.31. The van der Waals surface area contributed by atoms with Crippen LogP contribution in [0.2, 0.25) is 0 Å². The van der Waals surface area contributed by atoms with Crippen LogP contribution in [-0.4, -0.2) is 23.7 Å². The van der Waals surface area contributed by atoms with Gasteiger partial charge in [-0.25, -0.2) is 4.79 Å². The molecule has 1 saturated carbocycles. The zero-order chi connectivity index (χ0) is 19.9. The quantitative estimate of drug-likeness (QED) is 0.723. The van der Waals surface area contributed by atoms with Gasteiger partial charge in [0.2, 0.25) is 0 Å². The van der Waals surface area contributed by atoms with Gasteiger partial charge >= 0.3 is 12.1 Å². The first kappa shape index (κ1) is 21.3. The third-order valence-corrected chi connectivity index (χ3v) is 5.00. The van der Waals surface area contributed by atoms with E-state index in [4.69, 9.17) is 9.47 Å². The number of amides is 1. The molecule has 150 valence electrons. The van der Waals surface area contributed by atoms with Crippen LogP contribution in [0.25, 0.3) is 0 Å². The van der Waals surface area contributed by atoms with Crippen molar-refractivity contribution in [3.8, 4) is 0 Å². The molecule has 5 heteroatoms. The van der Waals surface area contributed by atoms with Crippen LogP contribution in [0.1, 0.15) is 65.4 Å². The monoisotopic (exact) mass is 375 g/mol. The van der Waals surface area contributed by atoms with Gasteiger partial charge in [-0.05, 0) is 51.5 Å². The maximum absolute atomic E-state index is 12.7. The van der Waals surface area contributed by atoms with E-state index in [1.165, 1.54) is 0 Å². The lowest BCUT2D eigenvalue weighted by molar-refractivity contribution is -0.153. The molecule has 2 rings (SSSR count). The van der Waals surface area contributed by atoms with Crippen LogP contribution in [0.15, 0.2) is 30.3 Å². The summed E-state index contributed by atoms with van der Waals surface area (Å²) >= 11 is 0. The highest BCUT2D eigenvalue weighted by Gasteiger charge is 2.37. The molecule has 0 aromatic heterocycles. The Morgan fingerprint density at radius 3 is 2.44 bits per heavy atom. The Kier molecular flexibility index (Phi) is 7.69. The van der Waals surface area contributed by atoms with Crippen LogP contribution >= 0.6 is 0 Å². The molecular formula is C22H33NO4. The van der Waals surface area contributed by atoms with Crippen molar-refractivity contribution in [2.75, 3.05) is 0 Å². The average molecular weight is 376 g/mol. The van der Waals surface area contributed by atoms with Crippen LogP contribution in [0, 0.1) is 11.8 Å². The predicted octanol–water partition coefficient (Wildman–Crippen LogP) is 4.84. The number of hydrogen-bond donors (Lipinski definition) is 1. The van der Waals surface area contributed by atoms with Gasteiger partial charge in [0.25, 0.3) is 0 Å². The molecule has 27 heavy (non-hydrogen) atoms. The zero-order valence-electron chi connectivity index (χ0n) is 17.0. The average Bonchev–Trinajstić information content (AvgIpc) is 2.61. The minimum Gasteiger partial charge on any atom is -0.461 e. The SMILES string of the molecule is CCC(C(=O)OCc1ccccc1)C1CCCCC1NC(=O)OC(C)(C)C. The molecule has 5 nitrogen and oxygen atoms in total. The van der Waals surface area contributed by atoms with Crippen LogP contribution in [0.3, 0.4) is 0 Å². The molecule has 1 aromatic carbocycles. The second-order valence-electron chi connectivity index (χ2n) is 8.31. The summed E-state index contributed by atoms with van der Waals surface area (Å²) in [5.41, 5.74) is 0.445. The molecule has 1 aliphatic rings. The lowest BCUT2D eigenvalue weighted by atomic mass is 9.75. The van der Waals surface area contributed by atoms with Crippen molar-refractivity contribution in [3.05, 3.63) is 35.9 Å². The summed E-state index contributed by atoms with van der Waals surface area (Å²) in [6, 6.07) is 9.64. The van der Waals surface area contributed by atoms with Crippen molar-refractivity contribution in [1.29, 1.82) is 0 Å². The first-order valence-electron chi connectivity index (χ1n) is 10.00. The third-order valence-electron chi connectivity index (χ3n) is 5.00. The fourth-order valence-corrected chi connectivity index (χ4v) is 3.76. The van der Waals surface area contributed by atoms with E-state index < -0.39 is 11.7 Å². The van der Waals surface area contributed by atoms with Gasteiger partial charge in [0.05, 0.1) is 5.92 Å². The van der Waals surface area contributed by atoms with Gasteiger partial charge in [-0.3, -0.25) is 4.79 Å². The van der Waals surface area contributed by atoms with Crippen LogP contribution in [-0.2, 0) is 20.9 Å². The van der Waals surface area contributed by atoms with E-state index >= 15 is 0 Å². The highest BCUT2D eigenvalue weighted by Crippen LogP contribution is 2.33. The Balaban J connectivity index is 1.98. The fraction of sp³-hybridized carbons (Fsp3) is 0.636. The normalized spacial score (nSPS) is 21.2. The highest BCUT2D eigenvalue weighted by atomic mass is 16.6. The summed E-state index contributed by atoms with van der Waals surface area (Å²) in [5.74, 6) is -0.308. The highest BCUT2D eigenvalue weighted by molar-refractivity contribution is 5.73. The van der Waals surface area contributed by atoms with E-state index in [0.717, 1.165) is 31.2 Å². The molecule has 0 bridgehead atoms. The van der Waals surface area contributed by atoms with Gasteiger partial charge in [-0.2, -0.15) is 0 Å². The van der Waals surface area contributed by atoms with Gasteiger partial charge < -0.3 is 14.8 Å². The summed E-state index contributed by atoms with van der Waals surface area (Å²) in [7, 11) is 0. The molecule has 1 fully saturated rings. The Morgan fingerprint density at radius 1 is 1.15 bits per heavy atom. The minimum absolute atomic E-state index is 0.0529. The standard InChI is InChI=1S/C22H33NO4/c1-5-17(20(24)26-15-16-11-7-6-8-12-16)18-13-9-10-14-19(18)23-21(25)27-22(2,3)4/h6-8,11-12,17-19H,5,9-10,13-15H2,1-4H3,(H,23,25). The van der Waals surface area contributed by atoms with E-state index in [-0.39, 0.29) is 30.5 Å². The Labute approximate surface area is 162 Å². The van der Waals surface area contributed by atoms with E-state index in [0.29, 0.717) is 6.42 Å². The largest absolute Gasteiger partial charge is 0.461 e. The molecule has 1 aliphatic carbocycles. The molecule has 0 heterocycles. The van der Waals surface area contributed by atoms with Crippen molar-refractivity contribution >= 4 is 12.1 Å². The number of hydrogen-bond acceptors (Lipinski definition) is 4. The van der Waals surface area contributed by atoms with Crippen molar-refractivity contribution in [1.82, 2.24) is 5.32 Å². The number of esters is 1. The molecule has 1 N–H and O–H groups in total. The maximum Gasteiger partial charge on any atom is 0.407 e. The van der Waals surface area contributed by atoms with E-state index in [2.05, 4.69) is 5.32 Å². The van der Waals surface area contributed by atoms with E-state index in [1.54, 1.807) is 0 Å². The molecule has 0 aliphatic heterocycles. The first-order valence-corrected chi connectivity index (χ1v) is 10.00. The minimum atomic E-state index is -0.535. The van der Waals surface area contributed by atoms with Crippen molar-refractivity contribution < 1.29 is 19.1 Å². The summed E-state index contributed by atoms with van der Waals surface area (Å²) < 4.78 is 11.0. The van der Waals surface area contributed by atoms with Gasteiger partial charge in [0.15, 0.2) is 0 Å². The van der Waals surface area contributed by atoms with Gasteiger partial charge in [-0.1, -0.05) is 50.1 Å². The molecule has 3 unspecified atom stereocenters. The van der Waals surface area contributed by atoms with Crippen molar-refractivity contribution in [2.24, 2.45) is 11.8 Å². The summed E-state index contributed by atoms with van der Waals surface area (Å²) in [6.45, 7) is 7.84. The molecule has 0 spiro atoms.